The van der Waals surface area contributed by atoms with Crippen molar-refractivity contribution in [2.24, 2.45) is 11.3 Å². The summed E-state index contributed by atoms with van der Waals surface area (Å²) in [6.07, 6.45) is 2.45. The Kier molecular flexibility index (Phi) is 5.13. The number of hydrogen-bond donors (Lipinski definition) is 2. The van der Waals surface area contributed by atoms with Gasteiger partial charge < -0.3 is 30.0 Å². The summed E-state index contributed by atoms with van der Waals surface area (Å²) in [6.45, 7) is 4.02. The van der Waals surface area contributed by atoms with Gasteiger partial charge in [0.15, 0.2) is 0 Å². The zero-order chi connectivity index (χ0) is 22.3. The van der Waals surface area contributed by atoms with Crippen molar-refractivity contribution in [2.75, 3.05) is 24.9 Å². The van der Waals surface area contributed by atoms with Crippen molar-refractivity contribution in [3.63, 3.8) is 0 Å². The highest BCUT2D eigenvalue weighted by Crippen LogP contribution is 2.47. The maximum Gasteiger partial charge on any atom is 0.145 e. The molecule has 0 aromatic heterocycles. The Morgan fingerprint density at radius 2 is 1.87 bits per heavy atom. The van der Waals surface area contributed by atoms with Gasteiger partial charge in [0.2, 0.25) is 0 Å². The highest BCUT2D eigenvalue weighted by molar-refractivity contribution is 5.93. The van der Waals surface area contributed by atoms with Gasteiger partial charge in [-0.2, -0.15) is 0 Å². The number of fused-ring (bicyclic) bond motifs is 2. The second-order valence-corrected chi connectivity index (χ2v) is 8.61. The molecule has 2 N–H and O–H groups in total. The van der Waals surface area contributed by atoms with Crippen LogP contribution in [0.5, 0.6) is 11.5 Å². The molecule has 0 saturated heterocycles. The molecule has 7 nitrogen and oxygen atoms in total. The average Bonchev–Trinajstić information content (AvgIpc) is 2.87. The number of allylic oxidation sites excluding steroid dienone is 1. The normalized spacial score (nSPS) is 21.4. The van der Waals surface area contributed by atoms with Crippen LogP contribution < -0.4 is 25.2 Å². The number of nitrogens with one attached hydrogen (secondary N) is 2. The molecule has 31 heavy (non-hydrogen) atoms. The molecule has 0 bridgehead atoms. The Morgan fingerprint density at radius 3 is 2.55 bits per heavy atom. The van der Waals surface area contributed by atoms with Crippen LogP contribution in [-0.4, -0.2) is 26.0 Å². The predicted octanol–water partition coefficient (Wildman–Crippen LogP) is 3.15. The fourth-order valence-electron chi connectivity index (χ4n) is 4.42. The molecule has 2 aromatic rings. The number of aromatic carboxylic acids is 1. The van der Waals surface area contributed by atoms with E-state index in [0.717, 1.165) is 11.3 Å². The van der Waals surface area contributed by atoms with Crippen LogP contribution in [0.3, 0.4) is 0 Å². The van der Waals surface area contributed by atoms with Crippen LogP contribution in [0.4, 0.5) is 11.4 Å². The summed E-state index contributed by atoms with van der Waals surface area (Å²) in [5.74, 6) is -0.398. The molecule has 162 valence electrons. The number of benzene rings is 2. The molecule has 1 aliphatic heterocycles. The molecular weight excluding hydrogens is 396 g/mol. The third-order valence-electron chi connectivity index (χ3n) is 5.81. The van der Waals surface area contributed by atoms with Crippen LogP contribution in [0.1, 0.15) is 42.2 Å². The minimum Gasteiger partial charge on any atom is -0.545 e. The Balaban J connectivity index is 1.92. The summed E-state index contributed by atoms with van der Waals surface area (Å²) in [7, 11) is 3.17. The van der Waals surface area contributed by atoms with E-state index in [1.807, 2.05) is 26.0 Å². The van der Waals surface area contributed by atoms with Crippen LogP contribution >= 0.6 is 0 Å². The van der Waals surface area contributed by atoms with Gasteiger partial charge in [0.25, 0.3) is 0 Å². The minimum atomic E-state index is -1.26. The van der Waals surface area contributed by atoms with Crippen molar-refractivity contribution in [1.82, 2.24) is 0 Å². The molecule has 0 amide bonds. The van der Waals surface area contributed by atoms with Crippen LogP contribution in [-0.2, 0) is 4.79 Å². The van der Waals surface area contributed by atoms with Crippen molar-refractivity contribution in [2.45, 2.75) is 26.3 Å². The first-order chi connectivity index (χ1) is 14.7. The lowest BCUT2D eigenvalue weighted by Gasteiger charge is -2.35. The molecule has 0 fully saturated rings. The van der Waals surface area contributed by atoms with E-state index in [1.54, 1.807) is 26.4 Å². The lowest BCUT2D eigenvalue weighted by atomic mass is 9.72. The van der Waals surface area contributed by atoms with Gasteiger partial charge >= 0.3 is 0 Å². The number of carbonyl (C=O) groups excluding carboxylic acids is 2. The van der Waals surface area contributed by atoms with E-state index < -0.39 is 17.9 Å². The number of carbonyl (C=O) groups is 2. The van der Waals surface area contributed by atoms with Gasteiger partial charge in [-0.1, -0.05) is 26.0 Å². The van der Waals surface area contributed by atoms with Gasteiger partial charge in [-0.3, -0.25) is 4.79 Å². The molecule has 0 spiro atoms. The predicted molar refractivity (Wildman–Crippen MR) is 115 cm³/mol. The molecule has 0 unspecified atom stereocenters. The third-order valence-corrected chi connectivity index (χ3v) is 5.81. The Bertz CT molecular complexity index is 1090. The molecule has 7 heteroatoms. The van der Waals surface area contributed by atoms with Gasteiger partial charge in [0.1, 0.15) is 17.3 Å². The summed E-state index contributed by atoms with van der Waals surface area (Å²) in [5.41, 5.74) is 2.51. The van der Waals surface area contributed by atoms with Gasteiger partial charge in [-0.05, 0) is 41.3 Å². The number of hydrogen-bond acceptors (Lipinski definition) is 7. The first kappa shape index (κ1) is 20.8. The second-order valence-electron chi connectivity index (χ2n) is 8.61. The first-order valence-corrected chi connectivity index (χ1v) is 10.1. The maximum absolute atomic E-state index is 13.4. The fraction of sp³-hybridized carbons (Fsp3) is 0.333. The summed E-state index contributed by atoms with van der Waals surface area (Å²) < 4.78 is 11.0. The third kappa shape index (κ3) is 3.83. The molecule has 0 saturated carbocycles. The van der Waals surface area contributed by atoms with E-state index in [2.05, 4.69) is 16.7 Å². The van der Waals surface area contributed by atoms with E-state index in [4.69, 9.17) is 9.47 Å². The van der Waals surface area contributed by atoms with Crippen molar-refractivity contribution in [3.8, 4) is 11.5 Å². The van der Waals surface area contributed by atoms with Gasteiger partial charge in [-0.25, -0.2) is 0 Å². The van der Waals surface area contributed by atoms with E-state index >= 15 is 0 Å². The fourth-order valence-corrected chi connectivity index (χ4v) is 4.42. The molecular formula is C24H25N2O5-. The number of Topliss-reactive ketones (excluding diaryl/α,β-unsaturated/α-hetero) is 1. The van der Waals surface area contributed by atoms with Crippen LogP contribution in [0.15, 0.2) is 48.2 Å². The highest BCUT2D eigenvalue weighted by atomic mass is 16.5. The summed E-state index contributed by atoms with van der Waals surface area (Å²) in [4.78, 5) is 24.8. The lowest BCUT2D eigenvalue weighted by Crippen LogP contribution is -2.36. The van der Waals surface area contributed by atoms with Crippen LogP contribution in [0.25, 0.3) is 0 Å². The molecule has 0 radical (unpaired) electrons. The number of methoxy groups -OCH3 is 2. The Hall–Kier alpha value is -3.48. The number of ketones is 1. The summed E-state index contributed by atoms with van der Waals surface area (Å²) >= 11 is 0. The largest absolute Gasteiger partial charge is 0.545 e. The minimum absolute atomic E-state index is 0.0593. The van der Waals surface area contributed by atoms with Crippen LogP contribution in [0, 0.1) is 11.3 Å². The maximum atomic E-state index is 13.4. The van der Waals surface area contributed by atoms with E-state index in [1.165, 1.54) is 12.1 Å². The molecule has 2 aliphatic rings. The number of anilines is 2. The molecule has 2 atom stereocenters. The monoisotopic (exact) mass is 421 g/mol. The molecule has 1 heterocycles. The Morgan fingerprint density at radius 1 is 1.10 bits per heavy atom. The van der Waals surface area contributed by atoms with Crippen molar-refractivity contribution >= 4 is 23.1 Å². The summed E-state index contributed by atoms with van der Waals surface area (Å²) in [6, 6.07) is 9.73. The quantitative estimate of drug-likeness (QED) is 0.782. The summed E-state index contributed by atoms with van der Waals surface area (Å²) in [5, 5.41) is 18.2. The van der Waals surface area contributed by atoms with Crippen molar-refractivity contribution in [3.05, 3.63) is 59.3 Å². The number of ether oxygens (including phenoxy) is 2. The molecule has 1 aliphatic carbocycles. The van der Waals surface area contributed by atoms with E-state index in [9.17, 15) is 14.7 Å². The van der Waals surface area contributed by atoms with Gasteiger partial charge in [0.05, 0.1) is 43.5 Å². The zero-order valence-electron chi connectivity index (χ0n) is 17.9. The SMILES string of the molecule is COc1ccc(OC)c([C@H]2Nc3ccc(C(=O)[O-])cc3NC3=CC(C)(C)CC(=O)[C@@H]32)c1. The number of rotatable bonds is 4. The zero-order valence-corrected chi connectivity index (χ0v) is 17.9. The smallest absolute Gasteiger partial charge is 0.145 e. The number of carboxylic acid groups (broad SMARTS) is 1. The topological polar surface area (TPSA) is 99.7 Å². The second kappa shape index (κ2) is 7.65. The Labute approximate surface area is 181 Å². The number of carboxylic acids is 1. The van der Waals surface area contributed by atoms with Crippen LogP contribution in [0.2, 0.25) is 0 Å². The standard InChI is InChI=1S/C24H26N2O5/c1-24(2)11-18-21(19(27)12-24)22(15-10-14(30-3)6-8-20(15)31-4)26-16-7-5-13(23(28)29)9-17(16)25-18/h5-11,21-22,25-26H,12H2,1-4H3,(H,28,29)/p-1/t21-,22-/m1/s1. The van der Waals surface area contributed by atoms with Gasteiger partial charge in [0, 0.05) is 17.7 Å². The molecule has 2 aromatic carbocycles. The average molecular weight is 421 g/mol. The van der Waals surface area contributed by atoms with E-state index in [-0.39, 0.29) is 16.8 Å². The van der Waals surface area contributed by atoms with E-state index in [0.29, 0.717) is 29.3 Å². The van der Waals surface area contributed by atoms with Crippen molar-refractivity contribution in [1.29, 1.82) is 0 Å². The first-order valence-electron chi connectivity index (χ1n) is 10.1. The van der Waals surface area contributed by atoms with Gasteiger partial charge in [-0.15, -0.1) is 0 Å². The highest BCUT2D eigenvalue weighted by Gasteiger charge is 2.42. The molecule has 4 rings (SSSR count). The van der Waals surface area contributed by atoms with Crippen molar-refractivity contribution < 1.29 is 24.2 Å². The lowest BCUT2D eigenvalue weighted by molar-refractivity contribution is -0.255.